The molecule has 10 heteroatoms. The smallest absolute Gasteiger partial charge is 0.263 e. The van der Waals surface area contributed by atoms with Crippen LogP contribution in [0.2, 0.25) is 0 Å². The molecule has 1 N–H and O–H groups in total. The van der Waals surface area contributed by atoms with E-state index >= 15 is 0 Å². The predicted octanol–water partition coefficient (Wildman–Crippen LogP) is 3.30. The van der Waals surface area contributed by atoms with Gasteiger partial charge in [0.1, 0.15) is 22.3 Å². The number of pyridine rings is 1. The first-order chi connectivity index (χ1) is 12.8. The molecule has 0 saturated heterocycles. The number of sulfonamides is 1. The van der Waals surface area contributed by atoms with Crippen LogP contribution in [0.1, 0.15) is 5.01 Å². The van der Waals surface area contributed by atoms with Crippen molar-refractivity contribution >= 4 is 32.9 Å². The number of nitrogens with one attached hydrogen (secondary N) is 1. The van der Waals surface area contributed by atoms with Crippen molar-refractivity contribution in [3.63, 3.8) is 0 Å². The maximum atomic E-state index is 13.2. The van der Waals surface area contributed by atoms with Crippen LogP contribution in [0.4, 0.5) is 20.3 Å². The summed E-state index contributed by atoms with van der Waals surface area (Å²) in [5.74, 6) is -1.15. The molecule has 0 aliphatic rings. The lowest BCUT2D eigenvalue weighted by atomic mass is 10.3. The van der Waals surface area contributed by atoms with Gasteiger partial charge in [-0.15, -0.1) is 11.3 Å². The van der Waals surface area contributed by atoms with Gasteiger partial charge in [0.15, 0.2) is 0 Å². The molecule has 0 amide bonds. The quantitative estimate of drug-likeness (QED) is 0.647. The summed E-state index contributed by atoms with van der Waals surface area (Å²) in [4.78, 5) is 10.1. The maximum absolute atomic E-state index is 13.2. The van der Waals surface area contributed by atoms with Crippen molar-refractivity contribution in [2.45, 2.75) is 11.3 Å². The molecule has 0 aliphatic heterocycles. The lowest BCUT2D eigenvalue weighted by Crippen LogP contribution is -2.21. The number of thiazole rings is 1. The summed E-state index contributed by atoms with van der Waals surface area (Å²) in [6, 6.07) is 5.42. The second-order valence-corrected chi connectivity index (χ2v) is 8.37. The SMILES string of the molecule is CN(CCc1nccs1)c1ccc(S(=O)(=O)Nc2cc(F)cc(F)c2)cn1. The topological polar surface area (TPSA) is 75.2 Å². The monoisotopic (exact) mass is 410 g/mol. The lowest BCUT2D eigenvalue weighted by Gasteiger charge is -2.17. The zero-order valence-electron chi connectivity index (χ0n) is 14.3. The van der Waals surface area contributed by atoms with Crippen LogP contribution in [0.15, 0.2) is 53.0 Å². The molecule has 2 heterocycles. The number of hydrogen-bond donors (Lipinski definition) is 1. The number of rotatable bonds is 7. The lowest BCUT2D eigenvalue weighted by molar-refractivity contribution is 0.584. The first-order valence-electron chi connectivity index (χ1n) is 7.88. The van der Waals surface area contributed by atoms with Gasteiger partial charge in [-0.1, -0.05) is 0 Å². The average molecular weight is 410 g/mol. The molecule has 3 rings (SSSR count). The van der Waals surface area contributed by atoms with E-state index in [4.69, 9.17) is 0 Å². The summed E-state index contributed by atoms with van der Waals surface area (Å²) in [6.07, 6.45) is 3.70. The van der Waals surface area contributed by atoms with Gasteiger partial charge < -0.3 is 4.90 Å². The van der Waals surface area contributed by atoms with Crippen LogP contribution in [0, 0.1) is 11.6 Å². The van der Waals surface area contributed by atoms with Crippen molar-refractivity contribution in [3.05, 3.63) is 64.7 Å². The van der Waals surface area contributed by atoms with Crippen LogP contribution in [-0.2, 0) is 16.4 Å². The van der Waals surface area contributed by atoms with Crippen molar-refractivity contribution < 1.29 is 17.2 Å². The number of nitrogens with zero attached hydrogens (tertiary/aromatic N) is 3. The number of halogens is 2. The minimum absolute atomic E-state index is 0.107. The molecule has 6 nitrogen and oxygen atoms in total. The highest BCUT2D eigenvalue weighted by Gasteiger charge is 2.16. The summed E-state index contributed by atoms with van der Waals surface area (Å²) in [6.45, 7) is 0.674. The highest BCUT2D eigenvalue weighted by Crippen LogP contribution is 2.20. The van der Waals surface area contributed by atoms with Crippen molar-refractivity contribution in [2.24, 2.45) is 0 Å². The standard InChI is InChI=1S/C17H16F2N4O2S2/c1-23(6-4-17-20-5-7-26-17)16-3-2-15(11-21-16)27(24,25)22-14-9-12(18)8-13(19)10-14/h2-3,5,7-11,22H,4,6H2,1H3. The predicted molar refractivity (Wildman–Crippen MR) is 100 cm³/mol. The van der Waals surface area contributed by atoms with Crippen LogP contribution in [0.3, 0.4) is 0 Å². The van der Waals surface area contributed by atoms with Gasteiger partial charge in [-0.05, 0) is 24.3 Å². The van der Waals surface area contributed by atoms with Gasteiger partial charge in [-0.3, -0.25) is 4.72 Å². The largest absolute Gasteiger partial charge is 0.359 e. The maximum Gasteiger partial charge on any atom is 0.263 e. The third-order valence-electron chi connectivity index (χ3n) is 3.68. The molecule has 0 atom stereocenters. The molecule has 0 unspecified atom stereocenters. The molecular formula is C17H16F2N4O2S2. The van der Waals surface area contributed by atoms with E-state index in [1.165, 1.54) is 12.3 Å². The fourth-order valence-corrected chi connectivity index (χ4v) is 3.93. The second kappa shape index (κ2) is 7.97. The molecule has 27 heavy (non-hydrogen) atoms. The van der Waals surface area contributed by atoms with Crippen LogP contribution in [0.25, 0.3) is 0 Å². The van der Waals surface area contributed by atoms with Crippen LogP contribution in [0.5, 0.6) is 0 Å². The molecule has 0 saturated carbocycles. The minimum atomic E-state index is -4.01. The Labute approximate surface area is 159 Å². The molecule has 3 aromatic rings. The average Bonchev–Trinajstić information content (AvgIpc) is 3.12. The summed E-state index contributed by atoms with van der Waals surface area (Å²) in [7, 11) is -2.16. The zero-order valence-corrected chi connectivity index (χ0v) is 15.9. The molecule has 0 radical (unpaired) electrons. The number of likely N-dealkylation sites (N-methyl/N-ethyl adjacent to an activating group) is 1. The van der Waals surface area contributed by atoms with Crippen LogP contribution in [-0.4, -0.2) is 32.0 Å². The zero-order chi connectivity index (χ0) is 19.4. The summed E-state index contributed by atoms with van der Waals surface area (Å²) in [5, 5.41) is 2.91. The van der Waals surface area contributed by atoms with E-state index in [1.54, 1.807) is 23.6 Å². The van der Waals surface area contributed by atoms with Crippen LogP contribution >= 0.6 is 11.3 Å². The Hall–Kier alpha value is -2.59. The summed E-state index contributed by atoms with van der Waals surface area (Å²) in [5.41, 5.74) is -0.197. The minimum Gasteiger partial charge on any atom is -0.359 e. The van der Waals surface area contributed by atoms with E-state index in [0.29, 0.717) is 18.4 Å². The summed E-state index contributed by atoms with van der Waals surface area (Å²) >= 11 is 1.57. The first-order valence-corrected chi connectivity index (χ1v) is 10.2. The fraction of sp³-hybridized carbons (Fsp3) is 0.176. The van der Waals surface area contributed by atoms with Crippen molar-refractivity contribution in [1.29, 1.82) is 0 Å². The van der Waals surface area contributed by atoms with Gasteiger partial charge in [0.25, 0.3) is 10.0 Å². The molecule has 1 aromatic carbocycles. The van der Waals surface area contributed by atoms with Gasteiger partial charge in [0.2, 0.25) is 0 Å². The Balaban J connectivity index is 1.69. The Morgan fingerprint density at radius 3 is 2.48 bits per heavy atom. The van der Waals surface area contributed by atoms with Crippen molar-refractivity contribution in [3.8, 4) is 0 Å². The third kappa shape index (κ3) is 4.98. The van der Waals surface area contributed by atoms with Gasteiger partial charge in [-0.2, -0.15) is 0 Å². The third-order valence-corrected chi connectivity index (χ3v) is 5.89. The first kappa shape index (κ1) is 19.2. The Bertz CT molecular complexity index is 990. The van der Waals surface area contributed by atoms with Gasteiger partial charge in [-0.25, -0.2) is 27.2 Å². The molecule has 142 valence electrons. The molecule has 0 spiro atoms. The Morgan fingerprint density at radius 1 is 1.15 bits per heavy atom. The number of hydrogen-bond acceptors (Lipinski definition) is 6. The highest BCUT2D eigenvalue weighted by atomic mass is 32.2. The van der Waals surface area contributed by atoms with E-state index < -0.39 is 21.7 Å². The van der Waals surface area contributed by atoms with E-state index in [1.807, 2.05) is 17.3 Å². The van der Waals surface area contributed by atoms with Gasteiger partial charge in [0, 0.05) is 43.9 Å². The van der Waals surface area contributed by atoms with E-state index in [-0.39, 0.29) is 10.6 Å². The second-order valence-electron chi connectivity index (χ2n) is 5.71. The molecule has 2 aromatic heterocycles. The number of benzene rings is 1. The molecule has 0 bridgehead atoms. The van der Waals surface area contributed by atoms with E-state index in [0.717, 1.165) is 23.6 Å². The molecular weight excluding hydrogens is 394 g/mol. The molecule has 0 fully saturated rings. The van der Waals surface area contributed by atoms with Crippen molar-refractivity contribution in [1.82, 2.24) is 9.97 Å². The Morgan fingerprint density at radius 2 is 1.89 bits per heavy atom. The fourth-order valence-electron chi connectivity index (χ4n) is 2.34. The normalized spacial score (nSPS) is 11.4. The summed E-state index contributed by atoms with van der Waals surface area (Å²) < 4.78 is 53.3. The van der Waals surface area contributed by atoms with Crippen LogP contribution < -0.4 is 9.62 Å². The Kier molecular flexibility index (Phi) is 5.66. The van der Waals surface area contributed by atoms with Gasteiger partial charge in [0.05, 0.1) is 10.7 Å². The number of anilines is 2. The van der Waals surface area contributed by atoms with Crippen molar-refractivity contribution in [2.75, 3.05) is 23.2 Å². The number of aromatic nitrogens is 2. The van der Waals surface area contributed by atoms with E-state index in [9.17, 15) is 17.2 Å². The highest BCUT2D eigenvalue weighted by molar-refractivity contribution is 7.92. The molecule has 0 aliphatic carbocycles. The van der Waals surface area contributed by atoms with Gasteiger partial charge >= 0.3 is 0 Å². The van der Waals surface area contributed by atoms with E-state index in [2.05, 4.69) is 14.7 Å².